The van der Waals surface area contributed by atoms with Crippen molar-refractivity contribution >= 4 is 21.8 Å². The summed E-state index contributed by atoms with van der Waals surface area (Å²) in [6.45, 7) is 3.13. The van der Waals surface area contributed by atoms with Crippen LogP contribution in [0.25, 0.3) is 11.5 Å². The molecule has 0 atom stereocenters. The number of nitrogens with zero attached hydrogens (tertiary/aromatic N) is 4. The fraction of sp³-hybridized carbons (Fsp3) is 0.130. The predicted molar refractivity (Wildman–Crippen MR) is 115 cm³/mol. The summed E-state index contributed by atoms with van der Waals surface area (Å²) >= 11 is 3.42. The first-order valence-electron chi connectivity index (χ1n) is 9.46. The average molecular weight is 447 g/mol. The van der Waals surface area contributed by atoms with Crippen LogP contribution >= 0.6 is 15.9 Å². The Bertz CT molecular complexity index is 1180. The van der Waals surface area contributed by atoms with Crippen molar-refractivity contribution < 1.29 is 4.79 Å². The van der Waals surface area contributed by atoms with Gasteiger partial charge in [0, 0.05) is 28.0 Å². The van der Waals surface area contributed by atoms with Crippen molar-refractivity contribution in [2.24, 2.45) is 0 Å². The van der Waals surface area contributed by atoms with Crippen molar-refractivity contribution in [3.63, 3.8) is 0 Å². The second kappa shape index (κ2) is 7.04. The molecule has 1 amide bonds. The lowest BCUT2D eigenvalue weighted by Gasteiger charge is -2.17. The summed E-state index contributed by atoms with van der Waals surface area (Å²) in [7, 11) is 0. The molecule has 29 heavy (non-hydrogen) atoms. The first-order chi connectivity index (χ1) is 14.1. The summed E-state index contributed by atoms with van der Waals surface area (Å²) < 4.78 is 5.01. The van der Waals surface area contributed by atoms with E-state index < -0.39 is 0 Å². The minimum atomic E-state index is 0.0239. The van der Waals surface area contributed by atoms with E-state index in [0.29, 0.717) is 18.7 Å². The Morgan fingerprint density at radius 1 is 0.966 bits per heavy atom. The summed E-state index contributed by atoms with van der Waals surface area (Å²) in [5.41, 5.74) is 4.95. The summed E-state index contributed by atoms with van der Waals surface area (Å²) in [6.07, 6.45) is 4.03. The van der Waals surface area contributed by atoms with Gasteiger partial charge in [0.15, 0.2) is 0 Å². The summed E-state index contributed by atoms with van der Waals surface area (Å²) in [4.78, 5) is 14.8. The highest BCUT2D eigenvalue weighted by Gasteiger charge is 2.31. The van der Waals surface area contributed by atoms with Crippen LogP contribution in [0.1, 0.15) is 27.2 Å². The van der Waals surface area contributed by atoms with Gasteiger partial charge in [-0.1, -0.05) is 33.6 Å². The maximum atomic E-state index is 13.0. The highest BCUT2D eigenvalue weighted by Crippen LogP contribution is 2.31. The predicted octanol–water partition coefficient (Wildman–Crippen LogP) is 4.89. The largest absolute Gasteiger partial charge is 0.328 e. The summed E-state index contributed by atoms with van der Waals surface area (Å²) in [5.74, 6) is 1.01. The maximum absolute atomic E-state index is 13.0. The van der Waals surface area contributed by atoms with Crippen molar-refractivity contribution in [1.29, 1.82) is 0 Å². The molecule has 5 rings (SSSR count). The van der Waals surface area contributed by atoms with Crippen molar-refractivity contribution in [2.45, 2.75) is 20.0 Å². The van der Waals surface area contributed by atoms with E-state index in [0.717, 1.165) is 27.2 Å². The third kappa shape index (κ3) is 3.19. The number of hydrogen-bond donors (Lipinski definition) is 0. The molecule has 144 valence electrons. The first kappa shape index (κ1) is 17.9. The Balaban J connectivity index is 1.53. The Hall–Kier alpha value is -3.12. The maximum Gasteiger partial charge on any atom is 0.254 e. The van der Waals surface area contributed by atoms with Gasteiger partial charge in [0.2, 0.25) is 0 Å². The van der Waals surface area contributed by atoms with E-state index in [2.05, 4.69) is 51.7 Å². The van der Waals surface area contributed by atoms with Gasteiger partial charge >= 0.3 is 0 Å². The van der Waals surface area contributed by atoms with E-state index in [4.69, 9.17) is 5.10 Å². The van der Waals surface area contributed by atoms with Gasteiger partial charge < -0.3 is 9.47 Å². The van der Waals surface area contributed by atoms with Gasteiger partial charge in [0.05, 0.1) is 24.5 Å². The normalized spacial score (nSPS) is 13.0. The van der Waals surface area contributed by atoms with Gasteiger partial charge in [-0.2, -0.15) is 5.10 Å². The highest BCUT2D eigenvalue weighted by molar-refractivity contribution is 9.10. The van der Waals surface area contributed by atoms with Gasteiger partial charge in [-0.3, -0.25) is 4.79 Å². The van der Waals surface area contributed by atoms with E-state index in [1.54, 1.807) is 0 Å². The molecule has 0 saturated carbocycles. The Labute approximate surface area is 177 Å². The number of carbonyl (C=O) groups excluding carboxylic acids is 1. The van der Waals surface area contributed by atoms with Gasteiger partial charge in [0.25, 0.3) is 5.91 Å². The molecule has 3 heterocycles. The number of rotatable bonds is 3. The molecule has 2 aromatic carbocycles. The van der Waals surface area contributed by atoms with Crippen LogP contribution in [0, 0.1) is 6.92 Å². The molecule has 0 spiro atoms. The number of halogens is 1. The number of carbonyl (C=O) groups is 1. The van der Waals surface area contributed by atoms with Gasteiger partial charge in [-0.15, -0.1) is 0 Å². The quantitative estimate of drug-likeness (QED) is 0.449. The Morgan fingerprint density at radius 3 is 2.34 bits per heavy atom. The van der Waals surface area contributed by atoms with Crippen LogP contribution in [0.4, 0.5) is 0 Å². The molecule has 6 heteroatoms. The van der Waals surface area contributed by atoms with Crippen molar-refractivity contribution in [2.75, 3.05) is 0 Å². The average Bonchev–Trinajstić information content (AvgIpc) is 3.44. The van der Waals surface area contributed by atoms with Crippen LogP contribution < -0.4 is 0 Å². The molecule has 2 aromatic heterocycles. The summed E-state index contributed by atoms with van der Waals surface area (Å²) in [5, 5.41) is 4.88. The number of benzene rings is 2. The SMILES string of the molecule is Cc1ccc(-n2nc3c(c2-n2cccc2)CN(C(=O)c2ccc(Br)cc2)C3)cc1. The lowest BCUT2D eigenvalue weighted by molar-refractivity contribution is 0.0749. The number of aryl methyl sites for hydroxylation is 1. The number of hydrogen-bond acceptors (Lipinski definition) is 2. The number of aromatic nitrogens is 3. The minimum absolute atomic E-state index is 0.0239. The molecule has 0 unspecified atom stereocenters. The van der Waals surface area contributed by atoms with Crippen LogP contribution in [-0.4, -0.2) is 25.2 Å². The third-order valence-corrected chi connectivity index (χ3v) is 5.76. The Morgan fingerprint density at radius 2 is 1.66 bits per heavy atom. The highest BCUT2D eigenvalue weighted by atomic mass is 79.9. The lowest BCUT2D eigenvalue weighted by atomic mass is 10.2. The molecule has 0 saturated heterocycles. The lowest BCUT2D eigenvalue weighted by Crippen LogP contribution is -2.26. The number of fused-ring (bicyclic) bond motifs is 1. The van der Waals surface area contributed by atoms with Gasteiger partial charge in [-0.05, 0) is 55.5 Å². The molecular weight excluding hydrogens is 428 g/mol. The molecule has 0 N–H and O–H groups in total. The van der Waals surface area contributed by atoms with E-state index in [9.17, 15) is 4.79 Å². The van der Waals surface area contributed by atoms with Crippen LogP contribution in [-0.2, 0) is 13.1 Å². The van der Waals surface area contributed by atoms with E-state index in [1.165, 1.54) is 5.56 Å². The smallest absolute Gasteiger partial charge is 0.254 e. The Kier molecular flexibility index (Phi) is 4.36. The van der Waals surface area contributed by atoms with Crippen LogP contribution in [0.3, 0.4) is 0 Å². The standard InChI is InChI=1S/C23H19BrN4O/c1-16-4-10-19(11-5-16)28-22(26-12-2-3-13-26)20-14-27(15-21(20)25-28)23(29)17-6-8-18(24)9-7-17/h2-13H,14-15H2,1H3. The van der Waals surface area contributed by atoms with Crippen LogP contribution in [0.2, 0.25) is 0 Å². The second-order valence-corrected chi connectivity index (χ2v) is 8.17. The van der Waals surface area contributed by atoms with Crippen LogP contribution in [0.5, 0.6) is 0 Å². The topological polar surface area (TPSA) is 43.1 Å². The van der Waals surface area contributed by atoms with E-state index >= 15 is 0 Å². The molecule has 0 aliphatic carbocycles. The minimum Gasteiger partial charge on any atom is -0.328 e. The molecule has 0 bridgehead atoms. The molecule has 0 fully saturated rings. The fourth-order valence-electron chi connectivity index (χ4n) is 3.73. The second-order valence-electron chi connectivity index (χ2n) is 7.25. The zero-order chi connectivity index (χ0) is 20.0. The molecule has 0 radical (unpaired) electrons. The zero-order valence-electron chi connectivity index (χ0n) is 15.9. The van der Waals surface area contributed by atoms with Gasteiger partial charge in [0.1, 0.15) is 5.82 Å². The van der Waals surface area contributed by atoms with Crippen molar-refractivity contribution in [3.8, 4) is 11.5 Å². The van der Waals surface area contributed by atoms with Crippen molar-refractivity contribution in [3.05, 3.63) is 99.9 Å². The molecule has 4 aromatic rings. The van der Waals surface area contributed by atoms with E-state index in [-0.39, 0.29) is 5.91 Å². The monoisotopic (exact) mass is 446 g/mol. The first-order valence-corrected chi connectivity index (χ1v) is 10.3. The fourth-order valence-corrected chi connectivity index (χ4v) is 3.99. The van der Waals surface area contributed by atoms with Crippen LogP contribution in [0.15, 0.2) is 77.5 Å². The summed E-state index contributed by atoms with van der Waals surface area (Å²) in [6, 6.07) is 19.8. The molecular formula is C23H19BrN4O. The molecule has 1 aliphatic rings. The van der Waals surface area contributed by atoms with E-state index in [1.807, 2.05) is 58.4 Å². The van der Waals surface area contributed by atoms with Crippen molar-refractivity contribution in [1.82, 2.24) is 19.2 Å². The molecule has 1 aliphatic heterocycles. The third-order valence-electron chi connectivity index (χ3n) is 5.24. The zero-order valence-corrected chi connectivity index (χ0v) is 17.5. The molecule has 5 nitrogen and oxygen atoms in total. The van der Waals surface area contributed by atoms with Gasteiger partial charge in [-0.25, -0.2) is 4.68 Å². The number of amides is 1.